The Kier molecular flexibility index (Phi) is 5.49. The second-order valence-electron chi connectivity index (χ2n) is 6.35. The first-order valence-electron chi connectivity index (χ1n) is 8.78. The molecule has 2 aromatic rings. The van der Waals surface area contributed by atoms with Gasteiger partial charge in [0.25, 0.3) is 0 Å². The van der Waals surface area contributed by atoms with Crippen LogP contribution in [0, 0.1) is 11.3 Å². The van der Waals surface area contributed by atoms with E-state index in [0.717, 1.165) is 23.1 Å². The molecule has 0 bridgehead atoms. The summed E-state index contributed by atoms with van der Waals surface area (Å²) in [7, 11) is 0. The van der Waals surface area contributed by atoms with Crippen LogP contribution in [0.5, 0.6) is 0 Å². The van der Waals surface area contributed by atoms with Crippen molar-refractivity contribution >= 4 is 6.03 Å². The Balaban J connectivity index is 1.80. The van der Waals surface area contributed by atoms with Crippen LogP contribution in [0.2, 0.25) is 0 Å². The number of carbonyl (C=O) groups excluding carboxylic acids is 1. The van der Waals surface area contributed by atoms with Gasteiger partial charge in [-0.2, -0.15) is 5.26 Å². The van der Waals surface area contributed by atoms with Crippen molar-refractivity contribution in [3.8, 4) is 17.2 Å². The molecule has 3 atom stereocenters. The summed E-state index contributed by atoms with van der Waals surface area (Å²) in [6.07, 6.45) is 4.35. The third-order valence-electron chi connectivity index (χ3n) is 4.78. The number of nitrogens with zero attached hydrogens (tertiary/aromatic N) is 3. The fourth-order valence-electron chi connectivity index (χ4n) is 3.44. The van der Waals surface area contributed by atoms with Crippen molar-refractivity contribution in [3.63, 3.8) is 0 Å². The van der Waals surface area contributed by atoms with Gasteiger partial charge in [-0.1, -0.05) is 37.3 Å². The molecule has 1 fully saturated rings. The van der Waals surface area contributed by atoms with E-state index in [4.69, 9.17) is 0 Å². The summed E-state index contributed by atoms with van der Waals surface area (Å²) in [6.45, 7) is 2.34. The number of rotatable bonds is 5. The number of aromatic nitrogens is 1. The lowest BCUT2D eigenvalue weighted by Crippen LogP contribution is -2.67. The topological polar surface area (TPSA) is 89.3 Å². The van der Waals surface area contributed by atoms with Gasteiger partial charge in [0.1, 0.15) is 6.04 Å². The maximum Gasteiger partial charge on any atom is 0.318 e. The molecule has 1 saturated heterocycles. The van der Waals surface area contributed by atoms with Crippen LogP contribution in [0.3, 0.4) is 0 Å². The smallest absolute Gasteiger partial charge is 0.318 e. The number of carbonyl (C=O) groups is 1. The molecule has 0 aliphatic carbocycles. The number of nitriles is 1. The summed E-state index contributed by atoms with van der Waals surface area (Å²) in [6, 6.07) is 12.7. The van der Waals surface area contributed by atoms with E-state index in [9.17, 15) is 15.2 Å². The maximum absolute atomic E-state index is 12.3. The lowest BCUT2D eigenvalue weighted by molar-refractivity contribution is 0.0169. The highest BCUT2D eigenvalue weighted by molar-refractivity contribution is 5.77. The molecule has 6 nitrogen and oxygen atoms in total. The van der Waals surface area contributed by atoms with Crippen molar-refractivity contribution < 1.29 is 9.90 Å². The number of aliphatic hydroxyl groups excluding tert-OH is 1. The van der Waals surface area contributed by atoms with Crippen LogP contribution in [0.15, 0.2) is 48.8 Å². The summed E-state index contributed by atoms with van der Waals surface area (Å²) < 4.78 is 0. The Morgan fingerprint density at radius 2 is 2.08 bits per heavy atom. The number of nitrogens with one attached hydrogen (secondary N) is 1. The largest absolute Gasteiger partial charge is 0.394 e. The maximum atomic E-state index is 12.3. The number of urea groups is 1. The summed E-state index contributed by atoms with van der Waals surface area (Å²) in [5.41, 5.74) is 3.00. The van der Waals surface area contributed by atoms with Crippen LogP contribution in [-0.4, -0.2) is 46.3 Å². The van der Waals surface area contributed by atoms with Gasteiger partial charge in [-0.25, -0.2) is 4.79 Å². The van der Waals surface area contributed by atoms with Crippen molar-refractivity contribution in [1.82, 2.24) is 15.2 Å². The highest BCUT2D eigenvalue weighted by atomic mass is 16.3. The van der Waals surface area contributed by atoms with Crippen LogP contribution in [-0.2, 0) is 0 Å². The van der Waals surface area contributed by atoms with E-state index in [0.29, 0.717) is 6.54 Å². The van der Waals surface area contributed by atoms with Crippen molar-refractivity contribution in [2.75, 3.05) is 13.2 Å². The molecule has 0 radical (unpaired) electrons. The van der Waals surface area contributed by atoms with Gasteiger partial charge in [0.15, 0.2) is 0 Å². The number of aliphatic hydroxyl groups is 1. The number of hydrogen-bond acceptors (Lipinski definition) is 4. The molecule has 2 heterocycles. The second kappa shape index (κ2) is 7.98. The third kappa shape index (κ3) is 3.26. The van der Waals surface area contributed by atoms with Crippen molar-refractivity contribution in [2.45, 2.75) is 31.3 Å². The van der Waals surface area contributed by atoms with Crippen LogP contribution in [0.25, 0.3) is 11.1 Å². The van der Waals surface area contributed by atoms with Gasteiger partial charge in [0.05, 0.1) is 18.7 Å². The van der Waals surface area contributed by atoms with Crippen LogP contribution < -0.4 is 5.32 Å². The predicted molar refractivity (Wildman–Crippen MR) is 98.2 cm³/mol. The minimum atomic E-state index is -0.576. The molecule has 1 aromatic heterocycles. The fourth-order valence-corrected chi connectivity index (χ4v) is 3.44. The zero-order valence-corrected chi connectivity index (χ0v) is 14.7. The normalized spacial score (nSPS) is 21.6. The van der Waals surface area contributed by atoms with Crippen molar-refractivity contribution in [1.29, 1.82) is 5.26 Å². The van der Waals surface area contributed by atoms with Gasteiger partial charge >= 0.3 is 6.03 Å². The van der Waals surface area contributed by atoms with E-state index in [1.807, 2.05) is 43.3 Å². The number of likely N-dealkylation sites (tertiary alicyclic amines) is 1. The van der Waals surface area contributed by atoms with Gasteiger partial charge in [-0.05, 0) is 29.2 Å². The van der Waals surface area contributed by atoms with E-state index in [1.165, 1.54) is 4.90 Å². The first-order chi connectivity index (χ1) is 12.7. The molecule has 26 heavy (non-hydrogen) atoms. The van der Waals surface area contributed by atoms with Gasteiger partial charge in [0, 0.05) is 24.9 Å². The van der Waals surface area contributed by atoms with Crippen molar-refractivity contribution in [3.05, 3.63) is 54.4 Å². The monoisotopic (exact) mass is 350 g/mol. The average Bonchev–Trinajstić information content (AvgIpc) is 2.67. The molecular formula is C20H22N4O2. The Morgan fingerprint density at radius 3 is 2.65 bits per heavy atom. The van der Waals surface area contributed by atoms with Gasteiger partial charge in [0.2, 0.25) is 0 Å². The molecule has 2 amide bonds. The molecule has 1 aliphatic heterocycles. The Labute approximate surface area is 153 Å². The van der Waals surface area contributed by atoms with E-state index in [2.05, 4.69) is 16.4 Å². The SMILES string of the molecule is CCCNC(=O)N1[C@@H](C#N)[C@H](c2ccc(-c3cccnc3)cc2)[C@@H]1CO. The first kappa shape index (κ1) is 17.9. The molecule has 2 N–H and O–H groups in total. The minimum absolute atomic E-state index is 0.174. The molecule has 0 unspecified atom stereocenters. The van der Waals surface area contributed by atoms with E-state index < -0.39 is 6.04 Å². The predicted octanol–water partition coefficient (Wildman–Crippen LogP) is 2.52. The van der Waals surface area contributed by atoms with Crippen molar-refractivity contribution in [2.24, 2.45) is 0 Å². The molecule has 1 aromatic carbocycles. The van der Waals surface area contributed by atoms with Gasteiger partial charge in [-0.3, -0.25) is 4.98 Å². The Morgan fingerprint density at radius 1 is 1.31 bits per heavy atom. The first-order valence-corrected chi connectivity index (χ1v) is 8.78. The molecule has 0 saturated carbocycles. The standard InChI is InChI=1S/C20H22N4O2/c1-2-9-23-20(26)24-17(11-21)19(18(24)13-25)15-7-5-14(6-8-15)16-4-3-10-22-12-16/h3-8,10,12,17-19,25H,2,9,13H2,1H3,(H,23,26)/t17-,18-,19-/m0/s1. The van der Waals surface area contributed by atoms with Gasteiger partial charge in [-0.15, -0.1) is 0 Å². The highest BCUT2D eigenvalue weighted by Gasteiger charge is 2.51. The summed E-state index contributed by atoms with van der Waals surface area (Å²) in [5, 5.41) is 22.1. The molecule has 6 heteroatoms. The van der Waals surface area contributed by atoms with Gasteiger partial charge < -0.3 is 15.3 Å². The lowest BCUT2D eigenvalue weighted by atomic mass is 9.76. The summed E-state index contributed by atoms with van der Waals surface area (Å²) >= 11 is 0. The fraction of sp³-hybridized carbons (Fsp3) is 0.350. The quantitative estimate of drug-likeness (QED) is 0.867. The number of benzene rings is 1. The summed E-state index contributed by atoms with van der Waals surface area (Å²) in [5.74, 6) is -0.194. The van der Waals surface area contributed by atoms with Crippen LogP contribution in [0.1, 0.15) is 24.8 Å². The highest BCUT2D eigenvalue weighted by Crippen LogP contribution is 2.40. The molecule has 3 rings (SSSR count). The minimum Gasteiger partial charge on any atom is -0.394 e. The Hall–Kier alpha value is -2.91. The van der Waals surface area contributed by atoms with Crippen LogP contribution in [0.4, 0.5) is 4.79 Å². The van der Waals surface area contributed by atoms with E-state index >= 15 is 0 Å². The third-order valence-corrected chi connectivity index (χ3v) is 4.78. The number of pyridine rings is 1. The Bertz CT molecular complexity index is 786. The lowest BCUT2D eigenvalue weighted by Gasteiger charge is -2.51. The number of hydrogen-bond donors (Lipinski definition) is 2. The molecule has 1 aliphatic rings. The number of amides is 2. The zero-order valence-electron chi connectivity index (χ0n) is 14.7. The molecular weight excluding hydrogens is 328 g/mol. The molecule has 0 spiro atoms. The molecule has 134 valence electrons. The van der Waals surface area contributed by atoms with E-state index in [-0.39, 0.29) is 24.6 Å². The van der Waals surface area contributed by atoms with E-state index in [1.54, 1.807) is 12.4 Å². The zero-order chi connectivity index (χ0) is 18.5. The summed E-state index contributed by atoms with van der Waals surface area (Å²) in [4.78, 5) is 17.9. The second-order valence-corrected chi connectivity index (χ2v) is 6.35. The van der Waals surface area contributed by atoms with Crippen LogP contribution >= 0.6 is 0 Å². The average molecular weight is 350 g/mol.